The van der Waals surface area contributed by atoms with E-state index in [1.165, 1.54) is 30.6 Å². The zero-order valence-corrected chi connectivity index (χ0v) is 17.5. The van der Waals surface area contributed by atoms with Gasteiger partial charge < -0.3 is 10.2 Å². The molecule has 5 nitrogen and oxygen atoms in total. The fourth-order valence-corrected chi connectivity index (χ4v) is 4.42. The minimum atomic E-state index is -0.0337. The normalized spacial score (nSPS) is 14.1. The van der Waals surface area contributed by atoms with Crippen molar-refractivity contribution >= 4 is 45.4 Å². The Kier molecular flexibility index (Phi) is 6.79. The van der Waals surface area contributed by atoms with Gasteiger partial charge in [-0.05, 0) is 49.5 Å². The number of thiazole rings is 1. The van der Waals surface area contributed by atoms with Gasteiger partial charge in [-0.2, -0.15) is 0 Å². The summed E-state index contributed by atoms with van der Waals surface area (Å²) in [4.78, 5) is 21.0. The molecular weight excluding hydrogens is 376 g/mol. The van der Waals surface area contributed by atoms with Gasteiger partial charge in [0.1, 0.15) is 0 Å². The second kappa shape index (κ2) is 9.28. The molecule has 1 aliphatic heterocycles. The molecule has 1 N–H and O–H groups in total. The van der Waals surface area contributed by atoms with Crippen LogP contribution in [-0.2, 0) is 17.8 Å². The van der Waals surface area contributed by atoms with Crippen LogP contribution < -0.4 is 10.2 Å². The quantitative estimate of drug-likeness (QED) is 0.758. The van der Waals surface area contributed by atoms with Crippen LogP contribution in [0.25, 0.3) is 0 Å². The third-order valence-electron chi connectivity index (χ3n) is 4.72. The molecule has 144 valence electrons. The van der Waals surface area contributed by atoms with Crippen LogP contribution in [0.1, 0.15) is 44.4 Å². The third kappa shape index (κ3) is 4.84. The standard InChI is InChI=1S/C20H26N4OS2/c1-3-16-9-5-6-10-18(16)24(15(2)25)20-22-17(14-27-20)13-21-19(26)23-11-7-4-8-12-23/h5-6,9-10,14H,3-4,7-8,11-13H2,1-2H3,(H,21,26). The first-order valence-electron chi connectivity index (χ1n) is 9.46. The molecule has 1 aliphatic rings. The Morgan fingerprint density at radius 2 is 2.04 bits per heavy atom. The molecule has 0 saturated carbocycles. The van der Waals surface area contributed by atoms with Gasteiger partial charge in [-0.15, -0.1) is 11.3 Å². The third-order valence-corrected chi connectivity index (χ3v) is 6.00. The van der Waals surface area contributed by atoms with Crippen molar-refractivity contribution < 1.29 is 4.79 Å². The first-order valence-corrected chi connectivity index (χ1v) is 10.7. The van der Waals surface area contributed by atoms with Gasteiger partial charge in [0, 0.05) is 25.4 Å². The minimum Gasteiger partial charge on any atom is -0.357 e. The van der Waals surface area contributed by atoms with Crippen LogP contribution in [0.4, 0.5) is 10.8 Å². The molecule has 2 heterocycles. The summed E-state index contributed by atoms with van der Waals surface area (Å²) in [5, 5.41) is 6.80. The first-order chi connectivity index (χ1) is 13.1. The summed E-state index contributed by atoms with van der Waals surface area (Å²) in [6, 6.07) is 7.99. The van der Waals surface area contributed by atoms with Crippen molar-refractivity contribution in [1.29, 1.82) is 0 Å². The van der Waals surface area contributed by atoms with Crippen molar-refractivity contribution in [2.24, 2.45) is 0 Å². The maximum atomic E-state index is 12.3. The van der Waals surface area contributed by atoms with E-state index in [2.05, 4.69) is 28.2 Å². The Balaban J connectivity index is 1.71. The lowest BCUT2D eigenvalue weighted by molar-refractivity contribution is -0.115. The molecule has 0 atom stereocenters. The summed E-state index contributed by atoms with van der Waals surface area (Å²) < 4.78 is 0. The van der Waals surface area contributed by atoms with Crippen LogP contribution in [0, 0.1) is 0 Å². The average molecular weight is 403 g/mol. The van der Waals surface area contributed by atoms with E-state index in [9.17, 15) is 4.79 Å². The number of nitrogens with zero attached hydrogens (tertiary/aromatic N) is 3. The maximum absolute atomic E-state index is 12.3. The van der Waals surface area contributed by atoms with Crippen LogP contribution in [0.15, 0.2) is 29.6 Å². The van der Waals surface area contributed by atoms with Gasteiger partial charge in [0.05, 0.1) is 17.9 Å². The molecule has 0 unspecified atom stereocenters. The Morgan fingerprint density at radius 3 is 2.74 bits per heavy atom. The Morgan fingerprint density at radius 1 is 1.30 bits per heavy atom. The maximum Gasteiger partial charge on any atom is 0.230 e. The number of para-hydroxylation sites is 1. The lowest BCUT2D eigenvalue weighted by Gasteiger charge is -2.29. The topological polar surface area (TPSA) is 48.5 Å². The number of aromatic nitrogens is 1. The summed E-state index contributed by atoms with van der Waals surface area (Å²) in [5.74, 6) is -0.0337. The number of anilines is 2. The number of aryl methyl sites for hydroxylation is 1. The number of thiocarbonyl (C=S) groups is 1. The monoisotopic (exact) mass is 402 g/mol. The zero-order valence-electron chi connectivity index (χ0n) is 15.9. The van der Waals surface area contributed by atoms with Crippen LogP contribution in [0.5, 0.6) is 0 Å². The Hall–Kier alpha value is -1.99. The fraction of sp³-hybridized carbons (Fsp3) is 0.450. The fourth-order valence-electron chi connectivity index (χ4n) is 3.29. The molecule has 1 aromatic carbocycles. The van der Waals surface area contributed by atoms with Gasteiger partial charge in [0.15, 0.2) is 10.2 Å². The minimum absolute atomic E-state index is 0.0337. The van der Waals surface area contributed by atoms with Gasteiger partial charge >= 0.3 is 0 Å². The van der Waals surface area contributed by atoms with Gasteiger partial charge in [-0.1, -0.05) is 25.1 Å². The van der Waals surface area contributed by atoms with E-state index in [-0.39, 0.29) is 5.91 Å². The van der Waals surface area contributed by atoms with E-state index in [1.54, 1.807) is 11.8 Å². The highest BCUT2D eigenvalue weighted by molar-refractivity contribution is 7.80. The predicted molar refractivity (Wildman–Crippen MR) is 116 cm³/mol. The highest BCUT2D eigenvalue weighted by atomic mass is 32.1. The number of piperidine rings is 1. The van der Waals surface area contributed by atoms with Gasteiger partial charge in [-0.25, -0.2) is 4.98 Å². The van der Waals surface area contributed by atoms with E-state index in [0.29, 0.717) is 11.7 Å². The number of hydrogen-bond donors (Lipinski definition) is 1. The van der Waals surface area contributed by atoms with E-state index < -0.39 is 0 Å². The molecule has 0 bridgehead atoms. The van der Waals surface area contributed by atoms with Crippen molar-refractivity contribution in [2.45, 2.75) is 46.1 Å². The molecule has 0 aliphatic carbocycles. The number of hydrogen-bond acceptors (Lipinski definition) is 4. The highest BCUT2D eigenvalue weighted by Crippen LogP contribution is 2.31. The van der Waals surface area contributed by atoms with Crippen molar-refractivity contribution in [3.8, 4) is 0 Å². The van der Waals surface area contributed by atoms with Crippen molar-refractivity contribution in [3.63, 3.8) is 0 Å². The number of amides is 1. The van der Waals surface area contributed by atoms with Crippen LogP contribution in [-0.4, -0.2) is 34.0 Å². The number of rotatable bonds is 5. The molecular formula is C20H26N4OS2. The molecule has 0 spiro atoms. The molecule has 2 aromatic rings. The number of likely N-dealkylation sites (tertiary alicyclic amines) is 1. The van der Waals surface area contributed by atoms with Gasteiger partial charge in [0.2, 0.25) is 5.91 Å². The average Bonchev–Trinajstić information content (AvgIpc) is 3.15. The van der Waals surface area contributed by atoms with Crippen molar-refractivity contribution in [3.05, 3.63) is 40.9 Å². The van der Waals surface area contributed by atoms with Crippen molar-refractivity contribution in [2.75, 3.05) is 18.0 Å². The molecule has 7 heteroatoms. The number of carbonyl (C=O) groups is 1. The second-order valence-corrected chi connectivity index (χ2v) is 7.89. The SMILES string of the molecule is CCc1ccccc1N(C(C)=O)c1nc(CNC(=S)N2CCCCC2)cs1. The molecule has 3 rings (SSSR count). The molecule has 27 heavy (non-hydrogen) atoms. The summed E-state index contributed by atoms with van der Waals surface area (Å²) in [5.41, 5.74) is 2.94. The summed E-state index contributed by atoms with van der Waals surface area (Å²) in [6.45, 7) is 6.31. The molecule has 0 radical (unpaired) electrons. The summed E-state index contributed by atoms with van der Waals surface area (Å²) in [6.07, 6.45) is 4.55. The van der Waals surface area contributed by atoms with Crippen LogP contribution >= 0.6 is 23.6 Å². The van der Waals surface area contributed by atoms with Crippen LogP contribution in [0.3, 0.4) is 0 Å². The molecule has 1 fully saturated rings. The highest BCUT2D eigenvalue weighted by Gasteiger charge is 2.20. The smallest absolute Gasteiger partial charge is 0.230 e. The molecule has 1 amide bonds. The lowest BCUT2D eigenvalue weighted by Crippen LogP contribution is -2.42. The first kappa shape index (κ1) is 19.8. The number of benzene rings is 1. The molecule has 1 saturated heterocycles. The van der Waals surface area contributed by atoms with E-state index >= 15 is 0 Å². The van der Waals surface area contributed by atoms with Crippen LogP contribution in [0.2, 0.25) is 0 Å². The van der Waals surface area contributed by atoms with E-state index in [4.69, 9.17) is 12.2 Å². The van der Waals surface area contributed by atoms with Gasteiger partial charge in [0.25, 0.3) is 0 Å². The van der Waals surface area contributed by atoms with E-state index in [0.717, 1.165) is 41.6 Å². The Labute approximate surface area is 170 Å². The molecule has 1 aromatic heterocycles. The second-order valence-electron chi connectivity index (χ2n) is 6.66. The van der Waals surface area contributed by atoms with Gasteiger partial charge in [-0.3, -0.25) is 9.69 Å². The van der Waals surface area contributed by atoms with Crippen molar-refractivity contribution in [1.82, 2.24) is 15.2 Å². The zero-order chi connectivity index (χ0) is 19.2. The summed E-state index contributed by atoms with van der Waals surface area (Å²) in [7, 11) is 0. The number of carbonyl (C=O) groups excluding carboxylic acids is 1. The summed E-state index contributed by atoms with van der Waals surface area (Å²) >= 11 is 6.99. The largest absolute Gasteiger partial charge is 0.357 e. The predicted octanol–water partition coefficient (Wildman–Crippen LogP) is 4.25. The number of nitrogens with one attached hydrogen (secondary N) is 1. The Bertz CT molecular complexity index is 799. The lowest BCUT2D eigenvalue weighted by atomic mass is 10.1. The van der Waals surface area contributed by atoms with E-state index in [1.807, 2.05) is 23.6 Å².